The fourth-order valence-electron chi connectivity index (χ4n) is 2.98. The average Bonchev–Trinajstić information content (AvgIpc) is 2.41. The zero-order valence-electron chi connectivity index (χ0n) is 10.9. The normalized spacial score (nSPS) is 18.9. The predicted molar refractivity (Wildman–Crippen MR) is 71.4 cm³/mol. The number of hydrogen-bond donors (Lipinski definition) is 1. The largest absolute Gasteiger partial charge is 0.497 e. The number of ether oxygens (including phenoxy) is 1. The third kappa shape index (κ3) is 3.01. The molecule has 1 saturated carbocycles. The SMILES string of the molecule is CNC(c1cccc(OC)c1)C1CCCCC1. The smallest absolute Gasteiger partial charge is 0.119 e. The Hall–Kier alpha value is -1.02. The summed E-state index contributed by atoms with van der Waals surface area (Å²) in [5.41, 5.74) is 1.36. The van der Waals surface area contributed by atoms with Crippen LogP contribution in [0, 0.1) is 5.92 Å². The molecule has 0 aliphatic heterocycles. The maximum Gasteiger partial charge on any atom is 0.119 e. The Morgan fingerprint density at radius 2 is 2.00 bits per heavy atom. The second-order valence-corrected chi connectivity index (χ2v) is 4.94. The molecular formula is C15H23NO. The first kappa shape index (κ1) is 12.4. The van der Waals surface area contributed by atoms with Crippen LogP contribution in [0.3, 0.4) is 0 Å². The molecule has 0 aromatic heterocycles. The lowest BCUT2D eigenvalue weighted by molar-refractivity contribution is 0.281. The van der Waals surface area contributed by atoms with Crippen molar-refractivity contribution < 1.29 is 4.74 Å². The highest BCUT2D eigenvalue weighted by atomic mass is 16.5. The molecule has 1 aliphatic rings. The van der Waals surface area contributed by atoms with Crippen molar-refractivity contribution in [3.63, 3.8) is 0 Å². The Kier molecular flexibility index (Phi) is 4.43. The second kappa shape index (κ2) is 6.06. The van der Waals surface area contributed by atoms with E-state index in [1.54, 1.807) is 7.11 Å². The first-order valence-electron chi connectivity index (χ1n) is 6.66. The molecule has 1 aliphatic carbocycles. The molecule has 1 atom stereocenters. The van der Waals surface area contributed by atoms with Crippen molar-refractivity contribution in [3.8, 4) is 5.75 Å². The van der Waals surface area contributed by atoms with Gasteiger partial charge in [0.2, 0.25) is 0 Å². The molecule has 0 amide bonds. The molecule has 1 aromatic rings. The molecule has 0 spiro atoms. The minimum Gasteiger partial charge on any atom is -0.497 e. The van der Waals surface area contributed by atoms with Crippen molar-refractivity contribution in [3.05, 3.63) is 29.8 Å². The van der Waals surface area contributed by atoms with E-state index < -0.39 is 0 Å². The molecule has 0 bridgehead atoms. The first-order chi connectivity index (χ1) is 8.35. The van der Waals surface area contributed by atoms with Gasteiger partial charge in [-0.05, 0) is 43.5 Å². The van der Waals surface area contributed by atoms with Gasteiger partial charge in [-0.15, -0.1) is 0 Å². The zero-order chi connectivity index (χ0) is 12.1. The molecule has 94 valence electrons. The average molecular weight is 233 g/mol. The number of methoxy groups -OCH3 is 1. The maximum atomic E-state index is 5.31. The summed E-state index contributed by atoms with van der Waals surface area (Å²) in [4.78, 5) is 0. The van der Waals surface area contributed by atoms with E-state index in [2.05, 4.69) is 30.6 Å². The quantitative estimate of drug-likeness (QED) is 0.859. The summed E-state index contributed by atoms with van der Waals surface area (Å²) >= 11 is 0. The van der Waals surface area contributed by atoms with E-state index in [-0.39, 0.29) is 0 Å². The van der Waals surface area contributed by atoms with Crippen LogP contribution < -0.4 is 10.1 Å². The number of nitrogens with one attached hydrogen (secondary N) is 1. The molecular weight excluding hydrogens is 210 g/mol. The second-order valence-electron chi connectivity index (χ2n) is 4.94. The molecule has 0 saturated heterocycles. The van der Waals surface area contributed by atoms with Crippen LogP contribution in [0.15, 0.2) is 24.3 Å². The van der Waals surface area contributed by atoms with E-state index in [0.717, 1.165) is 11.7 Å². The number of benzene rings is 1. The molecule has 1 N–H and O–H groups in total. The summed E-state index contributed by atoms with van der Waals surface area (Å²) in [6.45, 7) is 0. The van der Waals surface area contributed by atoms with Crippen LogP contribution in [-0.2, 0) is 0 Å². The first-order valence-corrected chi connectivity index (χ1v) is 6.66. The van der Waals surface area contributed by atoms with E-state index in [1.165, 1.54) is 37.7 Å². The van der Waals surface area contributed by atoms with Crippen molar-refractivity contribution in [2.45, 2.75) is 38.1 Å². The van der Waals surface area contributed by atoms with Crippen molar-refractivity contribution in [2.75, 3.05) is 14.2 Å². The molecule has 1 unspecified atom stereocenters. The van der Waals surface area contributed by atoms with Gasteiger partial charge in [-0.25, -0.2) is 0 Å². The van der Waals surface area contributed by atoms with Crippen LogP contribution in [0.25, 0.3) is 0 Å². The van der Waals surface area contributed by atoms with E-state index in [4.69, 9.17) is 4.74 Å². The van der Waals surface area contributed by atoms with Gasteiger partial charge in [0.25, 0.3) is 0 Å². The van der Waals surface area contributed by atoms with Gasteiger partial charge < -0.3 is 10.1 Å². The summed E-state index contributed by atoms with van der Waals surface area (Å²) < 4.78 is 5.31. The third-order valence-electron chi connectivity index (χ3n) is 3.89. The van der Waals surface area contributed by atoms with Crippen molar-refractivity contribution >= 4 is 0 Å². The Morgan fingerprint density at radius 3 is 2.65 bits per heavy atom. The number of hydrogen-bond acceptors (Lipinski definition) is 2. The molecule has 0 heterocycles. The van der Waals surface area contributed by atoms with Gasteiger partial charge in [-0.3, -0.25) is 0 Å². The summed E-state index contributed by atoms with van der Waals surface area (Å²) in [7, 11) is 3.80. The van der Waals surface area contributed by atoms with Gasteiger partial charge in [0, 0.05) is 6.04 Å². The maximum absolute atomic E-state index is 5.31. The van der Waals surface area contributed by atoms with E-state index in [0.29, 0.717) is 6.04 Å². The Labute approximate surface area is 104 Å². The van der Waals surface area contributed by atoms with Crippen LogP contribution in [0.1, 0.15) is 43.7 Å². The van der Waals surface area contributed by atoms with Gasteiger partial charge in [0.05, 0.1) is 7.11 Å². The summed E-state index contributed by atoms with van der Waals surface area (Å²) in [6, 6.07) is 8.94. The zero-order valence-corrected chi connectivity index (χ0v) is 10.9. The molecule has 0 radical (unpaired) electrons. The van der Waals surface area contributed by atoms with Crippen LogP contribution in [0.4, 0.5) is 0 Å². The van der Waals surface area contributed by atoms with Crippen LogP contribution in [-0.4, -0.2) is 14.2 Å². The van der Waals surface area contributed by atoms with Crippen LogP contribution in [0.5, 0.6) is 5.75 Å². The molecule has 17 heavy (non-hydrogen) atoms. The summed E-state index contributed by atoms with van der Waals surface area (Å²) in [5, 5.41) is 3.48. The van der Waals surface area contributed by atoms with Crippen molar-refractivity contribution in [2.24, 2.45) is 5.92 Å². The molecule has 1 aromatic carbocycles. The Morgan fingerprint density at radius 1 is 1.24 bits per heavy atom. The van der Waals surface area contributed by atoms with E-state index >= 15 is 0 Å². The fourth-order valence-corrected chi connectivity index (χ4v) is 2.98. The summed E-state index contributed by atoms with van der Waals surface area (Å²) in [5.74, 6) is 1.74. The highest BCUT2D eigenvalue weighted by Crippen LogP contribution is 2.35. The standard InChI is InChI=1S/C15H23NO/c1-16-15(12-7-4-3-5-8-12)13-9-6-10-14(11-13)17-2/h6,9-12,15-16H,3-5,7-8H2,1-2H3. The molecule has 2 rings (SSSR count). The lowest BCUT2D eigenvalue weighted by Gasteiger charge is -2.30. The lowest BCUT2D eigenvalue weighted by atomic mass is 9.81. The monoisotopic (exact) mass is 233 g/mol. The Balaban J connectivity index is 2.15. The van der Waals surface area contributed by atoms with Gasteiger partial charge in [0.1, 0.15) is 5.75 Å². The van der Waals surface area contributed by atoms with Gasteiger partial charge in [-0.1, -0.05) is 31.4 Å². The van der Waals surface area contributed by atoms with Crippen LogP contribution in [0.2, 0.25) is 0 Å². The topological polar surface area (TPSA) is 21.3 Å². The highest BCUT2D eigenvalue weighted by molar-refractivity contribution is 5.31. The van der Waals surface area contributed by atoms with Crippen molar-refractivity contribution in [1.82, 2.24) is 5.32 Å². The van der Waals surface area contributed by atoms with Gasteiger partial charge >= 0.3 is 0 Å². The minimum atomic E-state index is 0.477. The van der Waals surface area contributed by atoms with E-state index in [9.17, 15) is 0 Å². The highest BCUT2D eigenvalue weighted by Gasteiger charge is 2.23. The van der Waals surface area contributed by atoms with Crippen molar-refractivity contribution in [1.29, 1.82) is 0 Å². The third-order valence-corrected chi connectivity index (χ3v) is 3.89. The molecule has 1 fully saturated rings. The van der Waals surface area contributed by atoms with E-state index in [1.807, 2.05) is 6.07 Å². The molecule has 2 heteroatoms. The summed E-state index contributed by atoms with van der Waals surface area (Å²) in [6.07, 6.45) is 6.87. The number of rotatable bonds is 4. The lowest BCUT2D eigenvalue weighted by Crippen LogP contribution is -2.26. The van der Waals surface area contributed by atoms with Gasteiger partial charge in [0.15, 0.2) is 0 Å². The Bertz CT molecular complexity index is 345. The predicted octanol–water partition coefficient (Wildman–Crippen LogP) is 3.54. The van der Waals surface area contributed by atoms with Crippen LogP contribution >= 0.6 is 0 Å². The molecule has 2 nitrogen and oxygen atoms in total. The van der Waals surface area contributed by atoms with Gasteiger partial charge in [-0.2, -0.15) is 0 Å². The fraction of sp³-hybridized carbons (Fsp3) is 0.600. The minimum absolute atomic E-state index is 0.477.